The van der Waals surface area contributed by atoms with Crippen molar-refractivity contribution in [3.63, 3.8) is 0 Å². The predicted molar refractivity (Wildman–Crippen MR) is 519 cm³/mol. The second kappa shape index (κ2) is 43.8. The van der Waals surface area contributed by atoms with Crippen molar-refractivity contribution in [3.05, 3.63) is 255 Å². The standard InChI is InChI=1S/C27H30FN7O3.C22H22FN7O.C14H14FN5OS.C14H20N2O2.C9H12N4OS.C5H3BrFN.2ClH/c1-16(2)34-24(36)21-14-30-25(32-23(21)35(34)22-9-7-19(28)13-29-22)31-20-8-6-17-10-11-33(15-18(17)12-20)26(37)38-27(3,4)5;1-13(2)29-21(31)18-12-26-22(27-17-5-3-14-7-8-24-10-15(14)9-17)28-20(18)30(29)19-6-4-16(23)11-25-19;1-8(2)19-13(21)10-7-17-14(22-3)18-12(10)20(19)11-5-4-9(15)6-16-11;1-14(2,3)18-13(17)16-7-6-10-4-5-12(15)8-11(10)9-16;1-5(2)13-8(14)6-4-10-9(15-3)11-7(6)12-13;6-5-2-1-4(7)3-8-5;;/h6-9,12-14,16H,10-11,15H2,1-5H3,(H,30,31,32);3-6,9,11-13,24H,7-8,10H2,1-2H3,(H,26,27,28);4-8H,1-3H3;4-5,8H,6-7,9,15H2,1-3H3;4-5H,1-3H3,(H,10,11,12);1-3H;2*1H. The second-order valence-electron chi connectivity index (χ2n) is 33.9. The van der Waals surface area contributed by atoms with Gasteiger partial charge < -0.3 is 41.0 Å². The van der Waals surface area contributed by atoms with Crippen LogP contribution in [0.1, 0.15) is 154 Å². The molecule has 0 saturated heterocycles. The Kier molecular flexibility index (Phi) is 33.2. The van der Waals surface area contributed by atoms with Gasteiger partial charge in [0.1, 0.15) is 60.6 Å². The number of benzene rings is 3. The predicted octanol–water partition coefficient (Wildman–Crippen LogP) is 17.1. The molecule has 15 aromatic rings. The SMILES string of the molecule is CC(C)(C)OC(=O)N1CCc2ccc(N)cc2C1.CC(C)n1c(=O)c2cnc(Nc3ccc4c(c3)CN(C(=O)OC(C)(C)C)CC4)nc2n1-c1ccc(F)cn1.CC(C)n1c(=O)c2cnc(Nc3ccc4c(c3)CNCC4)nc2n1-c1ccc(F)cn1.CSc1ncc2c(=O)n(C(C)C)[nH]c2n1.CSc1ncc2c(=O)n(C(C)C)n(-c3ccc(F)cn3)c2n1.Cl.Cl.Fc1ccc(Br)nc1. The molecule has 0 bridgehead atoms. The summed E-state index contributed by atoms with van der Waals surface area (Å²) >= 11 is 5.91. The summed E-state index contributed by atoms with van der Waals surface area (Å²) in [5.41, 5.74) is 15.4. The number of nitrogens with one attached hydrogen (secondary N) is 4. The molecule has 34 nitrogen and oxygen atoms in total. The molecule has 0 spiro atoms. The van der Waals surface area contributed by atoms with E-state index in [9.17, 15) is 46.3 Å². The number of anilines is 5. The van der Waals surface area contributed by atoms with E-state index >= 15 is 0 Å². The van der Waals surface area contributed by atoms with E-state index in [1.165, 1.54) is 106 Å². The second-order valence-corrected chi connectivity index (χ2v) is 36.3. The summed E-state index contributed by atoms with van der Waals surface area (Å²) < 4.78 is 74.7. The number of hydrogen-bond acceptors (Lipinski definition) is 26. The van der Waals surface area contributed by atoms with Crippen LogP contribution in [0.15, 0.2) is 187 Å². The number of thioether (sulfide) groups is 2. The molecule has 0 atom stereocenters. The minimum atomic E-state index is -0.560. The van der Waals surface area contributed by atoms with Crippen LogP contribution in [-0.4, -0.2) is 163 Å². The summed E-state index contributed by atoms with van der Waals surface area (Å²) in [7, 11) is 0. The van der Waals surface area contributed by atoms with E-state index in [1.807, 2.05) is 152 Å². The molecule has 6 N–H and O–H groups in total. The number of pyridine rings is 4. The van der Waals surface area contributed by atoms with Crippen LogP contribution in [0.4, 0.5) is 56.1 Å². The van der Waals surface area contributed by atoms with Crippen LogP contribution >= 0.6 is 64.3 Å². The average Bonchev–Trinajstić information content (AvgIpc) is 1.61. The Hall–Kier alpha value is -13.0. The lowest BCUT2D eigenvalue weighted by Crippen LogP contribution is -2.39. The first-order valence-corrected chi connectivity index (χ1v) is 45.6. The maximum absolute atomic E-state index is 13.5. The first-order valence-electron chi connectivity index (χ1n) is 42.3. The smallest absolute Gasteiger partial charge is 0.410 e. The summed E-state index contributed by atoms with van der Waals surface area (Å²) in [6.45, 7) is 30.5. The maximum Gasteiger partial charge on any atom is 0.410 e. The van der Waals surface area contributed by atoms with E-state index in [2.05, 4.69) is 109 Å². The van der Waals surface area contributed by atoms with Crippen molar-refractivity contribution in [2.45, 2.75) is 182 Å². The zero-order valence-electron chi connectivity index (χ0n) is 76.4. The van der Waals surface area contributed by atoms with Gasteiger partial charge in [-0.25, -0.2) is 110 Å². The Balaban J connectivity index is 0.000000162. The Morgan fingerprint density at radius 1 is 0.448 bits per heavy atom. The Bertz CT molecular complexity index is 6940. The van der Waals surface area contributed by atoms with Gasteiger partial charge in [-0.3, -0.25) is 24.3 Å². The number of nitrogen functional groups attached to an aromatic ring is 1. The fraction of sp³-hybridized carbons (Fsp3) is 0.341. The van der Waals surface area contributed by atoms with Crippen LogP contribution in [-0.2, 0) is 48.4 Å². The van der Waals surface area contributed by atoms with Crippen molar-refractivity contribution in [1.29, 1.82) is 0 Å². The topological polar surface area (TPSA) is 394 Å². The summed E-state index contributed by atoms with van der Waals surface area (Å²) in [6, 6.07) is 29.0. The quantitative estimate of drug-likeness (QED) is 0.0235. The summed E-state index contributed by atoms with van der Waals surface area (Å²) in [5.74, 6) is 0.205. The molecule has 134 heavy (non-hydrogen) atoms. The number of fused-ring (bicyclic) bond motifs is 7. The average molecular weight is 1980 g/mol. The van der Waals surface area contributed by atoms with Gasteiger partial charge in [-0.1, -0.05) is 41.7 Å². The van der Waals surface area contributed by atoms with Gasteiger partial charge in [0.2, 0.25) is 11.9 Å². The number of rotatable bonds is 13. The molecular formula is C91H103BrCl2F4N26O8S2. The molecular weight excluding hydrogens is 1880 g/mol. The van der Waals surface area contributed by atoms with Gasteiger partial charge in [0.05, 0.1) is 24.8 Å². The normalized spacial score (nSPS) is 12.8. The highest BCUT2D eigenvalue weighted by Gasteiger charge is 2.30. The van der Waals surface area contributed by atoms with E-state index in [0.29, 0.717) is 109 Å². The van der Waals surface area contributed by atoms with E-state index in [0.717, 1.165) is 90.9 Å². The number of nitrogens with zero attached hydrogens (tertiary/aromatic N) is 21. The molecule has 3 aliphatic rings. The maximum atomic E-state index is 13.5. The van der Waals surface area contributed by atoms with Gasteiger partial charge >= 0.3 is 12.2 Å². The Morgan fingerprint density at radius 3 is 1.23 bits per heavy atom. The van der Waals surface area contributed by atoms with Crippen molar-refractivity contribution >= 4 is 150 Å². The van der Waals surface area contributed by atoms with Crippen LogP contribution in [0.5, 0.6) is 0 Å². The number of hydrogen-bond donors (Lipinski definition) is 5. The number of ether oxygens (including phenoxy) is 2. The number of carbonyl (C=O) groups is 2. The third kappa shape index (κ3) is 24.3. The van der Waals surface area contributed by atoms with Crippen molar-refractivity contribution in [2.75, 3.05) is 48.5 Å². The molecule has 18 rings (SSSR count). The number of aromatic amines is 1. The molecule has 0 unspecified atom stereocenters. The molecule has 2 amide bonds. The fourth-order valence-electron chi connectivity index (χ4n) is 14.5. The highest BCUT2D eigenvalue weighted by Crippen LogP contribution is 2.31. The Morgan fingerprint density at radius 2 is 0.836 bits per heavy atom. The van der Waals surface area contributed by atoms with Crippen LogP contribution in [0, 0.1) is 23.3 Å². The van der Waals surface area contributed by atoms with E-state index in [1.54, 1.807) is 50.2 Å². The van der Waals surface area contributed by atoms with E-state index < -0.39 is 28.7 Å². The largest absolute Gasteiger partial charge is 0.444 e. The summed E-state index contributed by atoms with van der Waals surface area (Å²) in [4.78, 5) is 129. The molecule has 15 heterocycles. The van der Waals surface area contributed by atoms with Crippen molar-refractivity contribution in [1.82, 2.24) is 113 Å². The number of aromatic nitrogens is 20. The minimum Gasteiger partial charge on any atom is -0.444 e. The number of carbonyl (C=O) groups excluding carboxylic acids is 2. The molecule has 12 aromatic heterocycles. The highest BCUT2D eigenvalue weighted by molar-refractivity contribution is 9.10. The summed E-state index contributed by atoms with van der Waals surface area (Å²) in [6.07, 6.45) is 16.4. The third-order valence-corrected chi connectivity index (χ3v) is 22.1. The molecule has 43 heteroatoms. The van der Waals surface area contributed by atoms with Crippen LogP contribution in [0.3, 0.4) is 0 Å². The van der Waals surface area contributed by atoms with Crippen molar-refractivity contribution in [2.24, 2.45) is 0 Å². The van der Waals surface area contributed by atoms with Crippen LogP contribution in [0.2, 0.25) is 0 Å². The van der Waals surface area contributed by atoms with E-state index in [-0.39, 0.29) is 95.2 Å². The monoisotopic (exact) mass is 1980 g/mol. The van der Waals surface area contributed by atoms with Gasteiger partial charge in [0.25, 0.3) is 22.2 Å². The van der Waals surface area contributed by atoms with Crippen molar-refractivity contribution in [3.8, 4) is 17.5 Å². The molecule has 3 aromatic carbocycles. The van der Waals surface area contributed by atoms with Gasteiger partial charge in [0, 0.05) is 98.7 Å². The first kappa shape index (κ1) is 102. The highest BCUT2D eigenvalue weighted by atomic mass is 79.9. The number of amides is 2. The Labute approximate surface area is 796 Å². The lowest BCUT2D eigenvalue weighted by atomic mass is 9.99. The number of nitrogens with two attached hydrogens (primary N) is 1. The van der Waals surface area contributed by atoms with Gasteiger partial charge in [-0.05, 0) is 269 Å². The molecule has 0 radical (unpaired) electrons. The molecule has 0 fully saturated rings. The lowest BCUT2D eigenvalue weighted by Gasteiger charge is -2.31. The zero-order chi connectivity index (χ0) is 94.9. The van der Waals surface area contributed by atoms with Gasteiger partial charge in [-0.2, -0.15) is 9.97 Å². The van der Waals surface area contributed by atoms with Gasteiger partial charge in [0.15, 0.2) is 50.4 Å². The third-order valence-electron chi connectivity index (χ3n) is 20.5. The van der Waals surface area contributed by atoms with Gasteiger partial charge in [-0.15, -0.1) is 24.8 Å². The van der Waals surface area contributed by atoms with Crippen LogP contribution in [0.25, 0.3) is 61.6 Å². The van der Waals surface area contributed by atoms with Crippen LogP contribution < -0.4 is 43.9 Å². The molecule has 3 aliphatic heterocycles. The van der Waals surface area contributed by atoms with E-state index in [4.69, 9.17) is 15.2 Å². The molecule has 0 saturated carbocycles. The first-order chi connectivity index (χ1) is 62.8. The summed E-state index contributed by atoms with van der Waals surface area (Å²) in [5, 5.41) is 15.7. The molecule has 0 aliphatic carbocycles. The zero-order valence-corrected chi connectivity index (χ0v) is 81.2. The van der Waals surface area contributed by atoms with Crippen molar-refractivity contribution < 1.29 is 36.6 Å². The number of H-pyrrole nitrogens is 1. The minimum absolute atomic E-state index is 0. The lowest BCUT2D eigenvalue weighted by molar-refractivity contribution is 0.0214. The fourth-order valence-corrected chi connectivity index (χ4v) is 15.4. The number of halogens is 7. The molecule has 706 valence electrons.